The van der Waals surface area contributed by atoms with Gasteiger partial charge >= 0.3 is 0 Å². The Kier molecular flexibility index (Phi) is 8.80. The molecule has 6 nitrogen and oxygen atoms in total. The maximum absolute atomic E-state index is 12.9. The van der Waals surface area contributed by atoms with E-state index in [1.54, 1.807) is 50.4 Å². The second kappa shape index (κ2) is 11.3. The molecule has 0 unspecified atom stereocenters. The number of nitrogens with zero attached hydrogens (tertiary/aromatic N) is 1. The van der Waals surface area contributed by atoms with Gasteiger partial charge in [0.2, 0.25) is 5.91 Å². The Morgan fingerprint density at radius 2 is 1.83 bits per heavy atom. The maximum atomic E-state index is 12.9. The molecule has 0 aliphatic carbocycles. The molecular formula is C22H27ClN2O4. The highest BCUT2D eigenvalue weighted by Gasteiger charge is 2.26. The molecule has 0 spiro atoms. The summed E-state index contributed by atoms with van der Waals surface area (Å²) in [5.74, 6) is 0.754. The van der Waals surface area contributed by atoms with Crippen LogP contribution in [0.3, 0.4) is 0 Å². The first-order valence-electron chi connectivity index (χ1n) is 9.53. The summed E-state index contributed by atoms with van der Waals surface area (Å²) in [6, 6.07) is 13.5. The van der Waals surface area contributed by atoms with E-state index in [1.807, 2.05) is 19.1 Å². The molecule has 2 aromatic carbocycles. The largest absolute Gasteiger partial charge is 0.497 e. The fourth-order valence-electron chi connectivity index (χ4n) is 2.71. The van der Waals surface area contributed by atoms with Gasteiger partial charge in [-0.2, -0.15) is 0 Å². The minimum absolute atomic E-state index is 0.182. The number of hydrogen-bond donors (Lipinski definition) is 1. The van der Waals surface area contributed by atoms with Gasteiger partial charge < -0.3 is 19.7 Å². The second-order valence-corrected chi connectivity index (χ2v) is 7.02. The van der Waals surface area contributed by atoms with Gasteiger partial charge in [-0.05, 0) is 55.3 Å². The summed E-state index contributed by atoms with van der Waals surface area (Å²) in [6.45, 7) is 4.32. The zero-order valence-electron chi connectivity index (χ0n) is 17.0. The Labute approximate surface area is 176 Å². The van der Waals surface area contributed by atoms with Crippen molar-refractivity contribution in [1.29, 1.82) is 0 Å². The van der Waals surface area contributed by atoms with E-state index in [-0.39, 0.29) is 25.0 Å². The van der Waals surface area contributed by atoms with E-state index in [0.717, 1.165) is 12.0 Å². The third-order valence-electron chi connectivity index (χ3n) is 4.38. The quantitative estimate of drug-likeness (QED) is 0.639. The fourth-order valence-corrected chi connectivity index (χ4v) is 2.92. The van der Waals surface area contributed by atoms with Crippen molar-refractivity contribution in [2.45, 2.75) is 32.9 Å². The predicted molar refractivity (Wildman–Crippen MR) is 113 cm³/mol. The van der Waals surface area contributed by atoms with Crippen LogP contribution in [0.5, 0.6) is 11.5 Å². The number of ether oxygens (including phenoxy) is 2. The number of carbonyl (C=O) groups excluding carboxylic acids is 2. The minimum atomic E-state index is -0.646. The molecule has 7 heteroatoms. The van der Waals surface area contributed by atoms with E-state index in [9.17, 15) is 9.59 Å². The third kappa shape index (κ3) is 6.98. The average molecular weight is 419 g/mol. The van der Waals surface area contributed by atoms with Crippen molar-refractivity contribution in [2.75, 3.05) is 20.3 Å². The molecule has 0 aliphatic heterocycles. The van der Waals surface area contributed by atoms with Crippen LogP contribution in [-0.2, 0) is 16.1 Å². The molecule has 1 atom stereocenters. The Morgan fingerprint density at radius 3 is 2.45 bits per heavy atom. The Morgan fingerprint density at radius 1 is 1.14 bits per heavy atom. The van der Waals surface area contributed by atoms with Crippen LogP contribution in [0.25, 0.3) is 0 Å². The molecule has 0 aromatic heterocycles. The SMILES string of the molecule is CCCNC(=O)[C@@H](C)N(Cc1cccc(Cl)c1)C(=O)COc1ccc(OC)cc1. The number of benzene rings is 2. The van der Waals surface area contributed by atoms with Crippen molar-refractivity contribution < 1.29 is 19.1 Å². The van der Waals surface area contributed by atoms with Crippen LogP contribution in [0.15, 0.2) is 48.5 Å². The van der Waals surface area contributed by atoms with E-state index in [1.165, 1.54) is 4.90 Å². The molecule has 29 heavy (non-hydrogen) atoms. The Bertz CT molecular complexity index is 811. The molecule has 2 aromatic rings. The third-order valence-corrected chi connectivity index (χ3v) is 4.62. The number of hydrogen-bond acceptors (Lipinski definition) is 4. The molecule has 1 N–H and O–H groups in total. The number of halogens is 1. The van der Waals surface area contributed by atoms with Gasteiger partial charge in [0.05, 0.1) is 7.11 Å². The molecule has 2 rings (SSSR count). The van der Waals surface area contributed by atoms with E-state index in [2.05, 4.69) is 5.32 Å². The lowest BCUT2D eigenvalue weighted by Crippen LogP contribution is -2.49. The number of rotatable bonds is 10. The first-order valence-corrected chi connectivity index (χ1v) is 9.90. The second-order valence-electron chi connectivity index (χ2n) is 6.58. The standard InChI is InChI=1S/C22H27ClN2O4/c1-4-12-24-22(27)16(2)25(14-17-6-5-7-18(23)13-17)21(26)15-29-20-10-8-19(28-3)9-11-20/h5-11,13,16H,4,12,14-15H2,1-3H3,(H,24,27)/t16-/m1/s1. The van der Waals surface area contributed by atoms with Crippen LogP contribution in [0.1, 0.15) is 25.8 Å². The summed E-state index contributed by atoms with van der Waals surface area (Å²) >= 11 is 6.07. The fraction of sp³-hybridized carbons (Fsp3) is 0.364. The molecule has 0 heterocycles. The van der Waals surface area contributed by atoms with E-state index in [4.69, 9.17) is 21.1 Å². The van der Waals surface area contributed by atoms with Crippen LogP contribution in [0, 0.1) is 0 Å². The molecular weight excluding hydrogens is 392 g/mol. The smallest absolute Gasteiger partial charge is 0.261 e. The zero-order valence-corrected chi connectivity index (χ0v) is 17.7. The maximum Gasteiger partial charge on any atom is 0.261 e. The number of carbonyl (C=O) groups is 2. The summed E-state index contributed by atoms with van der Waals surface area (Å²) < 4.78 is 10.7. The summed E-state index contributed by atoms with van der Waals surface area (Å²) in [5, 5.41) is 3.41. The number of nitrogens with one attached hydrogen (secondary N) is 1. The van der Waals surface area contributed by atoms with Crippen LogP contribution >= 0.6 is 11.6 Å². The van der Waals surface area contributed by atoms with Crippen LogP contribution < -0.4 is 14.8 Å². The van der Waals surface area contributed by atoms with Crippen LogP contribution in [-0.4, -0.2) is 43.0 Å². The normalized spacial score (nSPS) is 11.4. The Hall–Kier alpha value is -2.73. The highest BCUT2D eigenvalue weighted by Crippen LogP contribution is 2.18. The lowest BCUT2D eigenvalue weighted by atomic mass is 10.1. The summed E-state index contributed by atoms with van der Waals surface area (Å²) in [4.78, 5) is 26.9. The van der Waals surface area contributed by atoms with E-state index < -0.39 is 6.04 Å². The average Bonchev–Trinajstić information content (AvgIpc) is 2.74. The predicted octanol–water partition coefficient (Wildman–Crippen LogP) is 3.67. The van der Waals surface area contributed by atoms with Gasteiger partial charge in [-0.3, -0.25) is 9.59 Å². The van der Waals surface area contributed by atoms with Gasteiger partial charge in [0.1, 0.15) is 17.5 Å². The van der Waals surface area contributed by atoms with Crippen molar-refractivity contribution in [1.82, 2.24) is 10.2 Å². The lowest BCUT2D eigenvalue weighted by molar-refractivity contribution is -0.142. The van der Waals surface area contributed by atoms with Gasteiger partial charge in [-0.1, -0.05) is 30.7 Å². The molecule has 156 valence electrons. The van der Waals surface area contributed by atoms with Crippen LogP contribution in [0.2, 0.25) is 5.02 Å². The Balaban J connectivity index is 2.11. The summed E-state index contributed by atoms with van der Waals surface area (Å²) in [6.07, 6.45) is 0.821. The van der Waals surface area contributed by atoms with Crippen molar-refractivity contribution in [3.63, 3.8) is 0 Å². The minimum Gasteiger partial charge on any atom is -0.497 e. The molecule has 0 bridgehead atoms. The summed E-state index contributed by atoms with van der Waals surface area (Å²) in [5.41, 5.74) is 0.838. The van der Waals surface area contributed by atoms with E-state index in [0.29, 0.717) is 23.1 Å². The molecule has 0 aliphatic rings. The topological polar surface area (TPSA) is 67.9 Å². The lowest BCUT2D eigenvalue weighted by Gasteiger charge is -2.28. The van der Waals surface area contributed by atoms with E-state index >= 15 is 0 Å². The van der Waals surface area contributed by atoms with Gasteiger partial charge in [0.25, 0.3) is 5.91 Å². The molecule has 0 saturated carbocycles. The zero-order chi connectivity index (χ0) is 21.2. The first kappa shape index (κ1) is 22.6. The molecule has 0 fully saturated rings. The highest BCUT2D eigenvalue weighted by molar-refractivity contribution is 6.30. The van der Waals surface area contributed by atoms with Crippen molar-refractivity contribution in [3.8, 4) is 11.5 Å². The van der Waals surface area contributed by atoms with Gasteiger partial charge in [-0.15, -0.1) is 0 Å². The first-order chi connectivity index (χ1) is 13.9. The van der Waals surface area contributed by atoms with Crippen molar-refractivity contribution in [2.24, 2.45) is 0 Å². The monoisotopic (exact) mass is 418 g/mol. The van der Waals surface area contributed by atoms with Gasteiger partial charge in [-0.25, -0.2) is 0 Å². The van der Waals surface area contributed by atoms with Crippen molar-refractivity contribution in [3.05, 3.63) is 59.1 Å². The molecule has 0 radical (unpaired) electrons. The molecule has 0 saturated heterocycles. The highest BCUT2D eigenvalue weighted by atomic mass is 35.5. The molecule has 2 amide bonds. The van der Waals surface area contributed by atoms with Gasteiger partial charge in [0, 0.05) is 18.1 Å². The summed E-state index contributed by atoms with van der Waals surface area (Å²) in [7, 11) is 1.58. The number of methoxy groups -OCH3 is 1. The van der Waals surface area contributed by atoms with Gasteiger partial charge in [0.15, 0.2) is 6.61 Å². The van der Waals surface area contributed by atoms with Crippen molar-refractivity contribution >= 4 is 23.4 Å². The number of amides is 2. The van der Waals surface area contributed by atoms with Crippen LogP contribution in [0.4, 0.5) is 0 Å².